The van der Waals surface area contributed by atoms with Gasteiger partial charge in [0.2, 0.25) is 0 Å². The van der Waals surface area contributed by atoms with Crippen LogP contribution >= 0.6 is 11.6 Å². The topological polar surface area (TPSA) is 24.9 Å². The third-order valence-electron chi connectivity index (χ3n) is 2.43. The number of halogens is 4. The number of alkyl halides is 3. The minimum atomic E-state index is -4.48. The molecular formula is C13H10ClF3N2. The minimum Gasteiger partial charge on any atom is -0.340 e. The van der Waals surface area contributed by atoms with Gasteiger partial charge in [0.1, 0.15) is 5.82 Å². The van der Waals surface area contributed by atoms with Crippen molar-refractivity contribution in [1.29, 1.82) is 0 Å². The summed E-state index contributed by atoms with van der Waals surface area (Å²) < 4.78 is 38.1. The van der Waals surface area contributed by atoms with E-state index in [0.29, 0.717) is 5.82 Å². The molecule has 0 aliphatic carbocycles. The Morgan fingerprint density at radius 1 is 1.16 bits per heavy atom. The van der Waals surface area contributed by atoms with E-state index in [1.807, 2.05) is 0 Å². The summed E-state index contributed by atoms with van der Waals surface area (Å²) in [4.78, 5) is 4.16. The molecule has 2 rings (SSSR count). The Balaban J connectivity index is 2.32. The lowest BCUT2D eigenvalue weighted by Gasteiger charge is -2.12. The zero-order chi connectivity index (χ0) is 14.0. The molecule has 2 aromatic rings. The number of anilines is 2. The normalized spacial score (nSPS) is 11.4. The lowest BCUT2D eigenvalue weighted by Crippen LogP contribution is -2.06. The lowest BCUT2D eigenvalue weighted by atomic mass is 10.2. The van der Waals surface area contributed by atoms with Crippen LogP contribution in [0.15, 0.2) is 36.4 Å². The summed E-state index contributed by atoms with van der Waals surface area (Å²) in [5, 5.41) is 2.49. The van der Waals surface area contributed by atoms with E-state index in [2.05, 4.69) is 10.3 Å². The summed E-state index contributed by atoms with van der Waals surface area (Å²) in [5.41, 5.74) is 0.191. The molecule has 0 radical (unpaired) electrons. The molecule has 0 fully saturated rings. The molecule has 0 saturated carbocycles. The summed E-state index contributed by atoms with van der Waals surface area (Å²) in [6, 6.07) is 8.89. The van der Waals surface area contributed by atoms with Crippen molar-refractivity contribution >= 4 is 23.1 Å². The predicted octanol–water partition coefficient (Wildman–Crippen LogP) is 4.81. The van der Waals surface area contributed by atoms with E-state index in [1.54, 1.807) is 25.1 Å². The maximum Gasteiger partial charge on any atom is 0.417 e. The number of nitrogens with one attached hydrogen (secondary N) is 1. The molecule has 0 unspecified atom stereocenters. The number of rotatable bonds is 2. The Hall–Kier alpha value is -1.75. The van der Waals surface area contributed by atoms with Crippen LogP contribution in [0.2, 0.25) is 5.02 Å². The first-order valence-corrected chi connectivity index (χ1v) is 5.81. The standard InChI is InChI=1S/C13H10ClF3N2/c1-8-3-2-4-12(18-8)19-9-5-6-11(14)10(7-9)13(15,16)17/h2-7H,1H3,(H,18,19). The Kier molecular flexibility index (Phi) is 3.66. The van der Waals surface area contributed by atoms with Crippen molar-refractivity contribution in [3.8, 4) is 0 Å². The molecule has 0 spiro atoms. The van der Waals surface area contributed by atoms with Crippen LogP contribution in [-0.4, -0.2) is 4.98 Å². The highest BCUT2D eigenvalue weighted by atomic mass is 35.5. The van der Waals surface area contributed by atoms with Gasteiger partial charge in [0, 0.05) is 11.4 Å². The fraction of sp³-hybridized carbons (Fsp3) is 0.154. The average molecular weight is 287 g/mol. The van der Waals surface area contributed by atoms with Gasteiger partial charge in [-0.2, -0.15) is 13.2 Å². The number of benzene rings is 1. The largest absolute Gasteiger partial charge is 0.417 e. The molecule has 0 aliphatic rings. The van der Waals surface area contributed by atoms with Crippen LogP contribution in [0.5, 0.6) is 0 Å². The van der Waals surface area contributed by atoms with Gasteiger partial charge in [-0.15, -0.1) is 0 Å². The third kappa shape index (κ3) is 3.38. The highest BCUT2D eigenvalue weighted by Crippen LogP contribution is 2.36. The van der Waals surface area contributed by atoms with Crippen molar-refractivity contribution in [2.24, 2.45) is 0 Å². The summed E-state index contributed by atoms with van der Waals surface area (Å²) in [5.74, 6) is 0.482. The van der Waals surface area contributed by atoms with Crippen molar-refractivity contribution in [3.63, 3.8) is 0 Å². The Morgan fingerprint density at radius 2 is 1.89 bits per heavy atom. The van der Waals surface area contributed by atoms with Crippen LogP contribution in [0, 0.1) is 6.92 Å². The van der Waals surface area contributed by atoms with Gasteiger partial charge >= 0.3 is 6.18 Å². The van der Waals surface area contributed by atoms with Gasteiger partial charge in [0.25, 0.3) is 0 Å². The zero-order valence-electron chi connectivity index (χ0n) is 9.92. The van der Waals surface area contributed by atoms with E-state index in [0.717, 1.165) is 11.8 Å². The molecule has 0 atom stereocenters. The van der Waals surface area contributed by atoms with Crippen LogP contribution in [-0.2, 0) is 6.18 Å². The van der Waals surface area contributed by atoms with Gasteiger partial charge < -0.3 is 5.32 Å². The zero-order valence-corrected chi connectivity index (χ0v) is 10.7. The van der Waals surface area contributed by atoms with Crippen LogP contribution in [0.1, 0.15) is 11.3 Å². The van der Waals surface area contributed by atoms with Crippen molar-refractivity contribution in [2.75, 3.05) is 5.32 Å². The van der Waals surface area contributed by atoms with Crippen LogP contribution in [0.25, 0.3) is 0 Å². The second kappa shape index (κ2) is 5.09. The highest BCUT2D eigenvalue weighted by molar-refractivity contribution is 6.31. The molecule has 0 amide bonds. The fourth-order valence-corrected chi connectivity index (χ4v) is 1.81. The fourth-order valence-electron chi connectivity index (χ4n) is 1.58. The maximum atomic E-state index is 12.7. The van der Waals surface area contributed by atoms with Gasteiger partial charge in [-0.1, -0.05) is 17.7 Å². The molecule has 6 heteroatoms. The maximum absolute atomic E-state index is 12.7. The number of hydrogen-bond donors (Lipinski definition) is 1. The lowest BCUT2D eigenvalue weighted by molar-refractivity contribution is -0.137. The Bertz CT molecular complexity index is 597. The van der Waals surface area contributed by atoms with Gasteiger partial charge in [-0.05, 0) is 37.3 Å². The van der Waals surface area contributed by atoms with Crippen LogP contribution in [0.3, 0.4) is 0 Å². The van der Waals surface area contributed by atoms with Crippen LogP contribution < -0.4 is 5.32 Å². The van der Waals surface area contributed by atoms with Crippen molar-refractivity contribution in [2.45, 2.75) is 13.1 Å². The van der Waals surface area contributed by atoms with Gasteiger partial charge in [0.15, 0.2) is 0 Å². The van der Waals surface area contributed by atoms with E-state index in [1.165, 1.54) is 12.1 Å². The first-order chi connectivity index (χ1) is 8.86. The molecule has 2 nitrogen and oxygen atoms in total. The number of aromatic nitrogens is 1. The first kappa shape index (κ1) is 13.7. The third-order valence-corrected chi connectivity index (χ3v) is 2.76. The summed E-state index contributed by atoms with van der Waals surface area (Å²) in [6.07, 6.45) is -4.48. The van der Waals surface area contributed by atoms with Crippen molar-refractivity contribution in [3.05, 3.63) is 52.7 Å². The SMILES string of the molecule is Cc1cccc(Nc2ccc(Cl)c(C(F)(F)F)c2)n1. The number of hydrogen-bond acceptors (Lipinski definition) is 2. The Morgan fingerprint density at radius 3 is 2.53 bits per heavy atom. The van der Waals surface area contributed by atoms with E-state index >= 15 is 0 Å². The molecule has 1 aromatic carbocycles. The van der Waals surface area contributed by atoms with Gasteiger partial charge in [-0.25, -0.2) is 4.98 Å². The molecule has 100 valence electrons. The summed E-state index contributed by atoms with van der Waals surface area (Å²) in [7, 11) is 0. The van der Waals surface area contributed by atoms with E-state index in [-0.39, 0.29) is 10.7 Å². The second-order valence-electron chi connectivity index (χ2n) is 3.98. The monoisotopic (exact) mass is 286 g/mol. The van der Waals surface area contributed by atoms with E-state index < -0.39 is 11.7 Å². The molecule has 1 N–H and O–H groups in total. The second-order valence-corrected chi connectivity index (χ2v) is 4.39. The first-order valence-electron chi connectivity index (χ1n) is 5.44. The summed E-state index contributed by atoms with van der Waals surface area (Å²) in [6.45, 7) is 1.80. The number of nitrogens with zero attached hydrogens (tertiary/aromatic N) is 1. The van der Waals surface area contributed by atoms with Crippen molar-refractivity contribution < 1.29 is 13.2 Å². The summed E-state index contributed by atoms with van der Waals surface area (Å²) >= 11 is 5.55. The molecule has 1 aromatic heterocycles. The van der Waals surface area contributed by atoms with Gasteiger partial charge in [0.05, 0.1) is 10.6 Å². The smallest absolute Gasteiger partial charge is 0.340 e. The highest BCUT2D eigenvalue weighted by Gasteiger charge is 2.33. The molecule has 0 aliphatic heterocycles. The minimum absolute atomic E-state index is 0.287. The number of pyridine rings is 1. The van der Waals surface area contributed by atoms with Crippen molar-refractivity contribution in [1.82, 2.24) is 4.98 Å². The molecule has 19 heavy (non-hydrogen) atoms. The Labute approximate surface area is 113 Å². The van der Waals surface area contributed by atoms with Gasteiger partial charge in [-0.3, -0.25) is 0 Å². The van der Waals surface area contributed by atoms with E-state index in [4.69, 9.17) is 11.6 Å². The molecule has 1 heterocycles. The molecular weight excluding hydrogens is 277 g/mol. The molecule has 0 bridgehead atoms. The predicted molar refractivity (Wildman–Crippen MR) is 68.7 cm³/mol. The van der Waals surface area contributed by atoms with Crippen LogP contribution in [0.4, 0.5) is 24.7 Å². The average Bonchev–Trinajstić information content (AvgIpc) is 2.30. The van der Waals surface area contributed by atoms with E-state index in [9.17, 15) is 13.2 Å². The quantitative estimate of drug-likeness (QED) is 0.857. The molecule has 0 saturated heterocycles. The number of aryl methyl sites for hydroxylation is 1.